The van der Waals surface area contributed by atoms with Crippen molar-refractivity contribution in [2.24, 2.45) is 0 Å². The number of benzene rings is 3. The molecule has 0 bridgehead atoms. The summed E-state index contributed by atoms with van der Waals surface area (Å²) in [7, 11) is -5.64. The molecule has 0 atom stereocenters. The van der Waals surface area contributed by atoms with Gasteiger partial charge in [0.1, 0.15) is 38.6 Å². The molecule has 0 aromatic heterocycles. The van der Waals surface area contributed by atoms with Crippen LogP contribution in [-0.2, 0) is 40.1 Å². The molecule has 0 aliphatic heterocycles. The molecule has 9 nitrogen and oxygen atoms in total. The molecule has 0 amide bonds. The van der Waals surface area contributed by atoms with Gasteiger partial charge in [-0.25, -0.2) is 18.0 Å². The van der Waals surface area contributed by atoms with Crippen LogP contribution in [0.15, 0.2) is 93.5 Å². The van der Waals surface area contributed by atoms with Crippen LogP contribution in [0.4, 0.5) is 13.2 Å². The lowest BCUT2D eigenvalue weighted by Gasteiger charge is -2.19. The molecule has 0 aliphatic carbocycles. The molecule has 0 radical (unpaired) electrons. The zero-order valence-corrected chi connectivity index (χ0v) is 27.9. The molecule has 0 heterocycles. The fourth-order valence-electron chi connectivity index (χ4n) is 3.57. The Bertz CT molecular complexity index is 1470. The van der Waals surface area contributed by atoms with Gasteiger partial charge in [-0.05, 0) is 77.9 Å². The Kier molecular flexibility index (Phi) is 13.5. The smallest absolute Gasteiger partial charge is 0.401 e. The minimum Gasteiger partial charge on any atom is -0.748 e. The van der Waals surface area contributed by atoms with Crippen molar-refractivity contribution in [1.82, 2.24) is 0 Å². The Morgan fingerprint density at radius 2 is 1.07 bits per heavy atom. The van der Waals surface area contributed by atoms with Gasteiger partial charge in [-0.2, -0.15) is 13.2 Å². The number of carbonyl (C=O) groups excluding carboxylic acids is 2. The van der Waals surface area contributed by atoms with Gasteiger partial charge in [0.15, 0.2) is 27.9 Å². The molecule has 0 unspecified atom stereocenters. The lowest BCUT2D eigenvalue weighted by atomic mass is 10.2. The molecule has 0 saturated carbocycles. The van der Waals surface area contributed by atoms with Gasteiger partial charge < -0.3 is 23.5 Å². The topological polar surface area (TPSA) is 128 Å². The van der Waals surface area contributed by atoms with Crippen LogP contribution < -0.4 is 9.47 Å². The Balaban J connectivity index is 0.000000713. The summed E-state index contributed by atoms with van der Waals surface area (Å²) >= 11 is 0. The summed E-state index contributed by atoms with van der Waals surface area (Å²) in [6, 6.07) is 25.5. The normalized spacial score (nSPS) is 12.1. The van der Waals surface area contributed by atoms with E-state index in [1.54, 1.807) is 0 Å². The number of carbonyl (C=O) groups is 2. The average Bonchev–Trinajstić information content (AvgIpc) is 2.89. The number of esters is 2. The maximum absolute atomic E-state index is 12.1. The van der Waals surface area contributed by atoms with Gasteiger partial charge in [0.05, 0.1) is 10.9 Å². The van der Waals surface area contributed by atoms with Crippen LogP contribution in [0.2, 0.25) is 0 Å². The maximum atomic E-state index is 12.1. The number of halogens is 3. The van der Waals surface area contributed by atoms with E-state index in [0.29, 0.717) is 11.5 Å². The maximum Gasteiger partial charge on any atom is 0.401 e. The summed E-state index contributed by atoms with van der Waals surface area (Å²) in [5, 5.41) is 0. The van der Waals surface area contributed by atoms with Crippen LogP contribution in [0.5, 0.6) is 11.5 Å². The van der Waals surface area contributed by atoms with E-state index < -0.39 is 56.1 Å². The van der Waals surface area contributed by atoms with Crippen LogP contribution in [0, 0.1) is 0 Å². The first-order valence-electron chi connectivity index (χ1n) is 13.8. The van der Waals surface area contributed by atoms with Crippen molar-refractivity contribution in [2.45, 2.75) is 73.6 Å². The summed E-state index contributed by atoms with van der Waals surface area (Å²) in [5.41, 5.74) is -1.14. The first-order valence-corrected chi connectivity index (χ1v) is 16.6. The van der Waals surface area contributed by atoms with Crippen molar-refractivity contribution in [1.29, 1.82) is 0 Å². The zero-order valence-electron chi connectivity index (χ0n) is 26.3. The zero-order chi connectivity index (χ0) is 34.8. The molecule has 46 heavy (non-hydrogen) atoms. The predicted octanol–water partition coefficient (Wildman–Crippen LogP) is 6.32. The van der Waals surface area contributed by atoms with Gasteiger partial charge in [-0.15, -0.1) is 0 Å². The SMILES string of the molecule is CC(C)(C)OC(=O)COc1cccc([S+](c2ccccc2)c2cccc(OCC(=O)OC(C)(C)C)c2)c1.O=S(=O)([O-])CC(F)(F)F. The van der Waals surface area contributed by atoms with Crippen LogP contribution >= 0.6 is 0 Å². The largest absolute Gasteiger partial charge is 0.748 e. The Hall–Kier alpha value is -3.75. The van der Waals surface area contributed by atoms with Gasteiger partial charge in [-0.3, -0.25) is 0 Å². The van der Waals surface area contributed by atoms with Gasteiger partial charge >= 0.3 is 18.1 Å². The van der Waals surface area contributed by atoms with Crippen molar-refractivity contribution < 1.29 is 54.7 Å². The quantitative estimate of drug-likeness (QED) is 0.137. The minimum absolute atomic E-state index is 0.173. The van der Waals surface area contributed by atoms with E-state index in [-0.39, 0.29) is 13.2 Å². The lowest BCUT2D eigenvalue weighted by molar-refractivity contribution is -0.158. The third-order valence-electron chi connectivity index (χ3n) is 4.96. The molecule has 0 aliphatic rings. The molecule has 252 valence electrons. The highest BCUT2D eigenvalue weighted by Crippen LogP contribution is 2.34. The highest BCUT2D eigenvalue weighted by molar-refractivity contribution is 7.97. The molecule has 3 aromatic rings. The molecular weight excluding hydrogens is 649 g/mol. The second-order valence-electron chi connectivity index (χ2n) is 11.6. The first-order chi connectivity index (χ1) is 21.1. The average molecular weight is 687 g/mol. The molecule has 14 heteroatoms. The molecule has 0 spiro atoms. The number of ether oxygens (including phenoxy) is 4. The van der Waals surface area contributed by atoms with Crippen LogP contribution in [0.3, 0.4) is 0 Å². The molecule has 0 saturated heterocycles. The molecule has 0 fully saturated rings. The van der Waals surface area contributed by atoms with Gasteiger partial charge in [0.25, 0.3) is 0 Å². The summed E-state index contributed by atoms with van der Waals surface area (Å²) in [4.78, 5) is 27.4. The second kappa shape index (κ2) is 16.2. The van der Waals surface area contributed by atoms with E-state index in [9.17, 15) is 35.7 Å². The fourth-order valence-corrected chi connectivity index (χ4v) is 6.12. The van der Waals surface area contributed by atoms with E-state index >= 15 is 0 Å². The van der Waals surface area contributed by atoms with E-state index in [0.717, 1.165) is 14.7 Å². The summed E-state index contributed by atoms with van der Waals surface area (Å²) in [6.45, 7) is 10.6. The van der Waals surface area contributed by atoms with Gasteiger partial charge in [-0.1, -0.05) is 30.3 Å². The van der Waals surface area contributed by atoms with Crippen LogP contribution in [-0.4, -0.2) is 61.3 Å². The summed E-state index contributed by atoms with van der Waals surface area (Å²) in [6.07, 6.45) is -4.92. The van der Waals surface area contributed by atoms with Crippen molar-refractivity contribution in [3.63, 3.8) is 0 Å². The Morgan fingerprint density at radius 3 is 1.39 bits per heavy atom. The second-order valence-corrected chi connectivity index (χ2v) is 15.1. The monoisotopic (exact) mass is 686 g/mol. The minimum atomic E-state index is -5.16. The van der Waals surface area contributed by atoms with E-state index in [4.69, 9.17) is 18.9 Å². The van der Waals surface area contributed by atoms with Crippen molar-refractivity contribution >= 4 is 33.0 Å². The van der Waals surface area contributed by atoms with Crippen molar-refractivity contribution in [3.8, 4) is 11.5 Å². The van der Waals surface area contributed by atoms with E-state index in [1.807, 2.05) is 108 Å². The van der Waals surface area contributed by atoms with Crippen LogP contribution in [0.1, 0.15) is 41.5 Å². The highest BCUT2D eigenvalue weighted by Gasteiger charge is 2.31. The molecule has 3 rings (SSSR count). The van der Waals surface area contributed by atoms with Crippen molar-refractivity contribution in [2.75, 3.05) is 19.0 Å². The molecule has 3 aromatic carbocycles. The van der Waals surface area contributed by atoms with E-state index in [2.05, 4.69) is 12.1 Å². The summed E-state index contributed by atoms with van der Waals surface area (Å²) in [5.74, 6) is -1.98. The van der Waals surface area contributed by atoms with Gasteiger partial charge in [0, 0.05) is 12.1 Å². The Morgan fingerprint density at radius 1 is 0.674 bits per heavy atom. The highest BCUT2D eigenvalue weighted by atomic mass is 32.2. The van der Waals surface area contributed by atoms with Gasteiger partial charge in [0.2, 0.25) is 0 Å². The first kappa shape index (κ1) is 38.4. The summed E-state index contributed by atoms with van der Waals surface area (Å²) < 4.78 is 83.2. The third-order valence-corrected chi connectivity index (χ3v) is 7.83. The van der Waals surface area contributed by atoms with Crippen LogP contribution in [0.25, 0.3) is 0 Å². The fraction of sp³-hybridized carbons (Fsp3) is 0.375. The number of hydrogen-bond acceptors (Lipinski definition) is 9. The predicted molar refractivity (Wildman–Crippen MR) is 165 cm³/mol. The third kappa shape index (κ3) is 16.0. The van der Waals surface area contributed by atoms with Crippen molar-refractivity contribution in [3.05, 3.63) is 78.9 Å². The Labute approximate surface area is 270 Å². The molecule has 0 N–H and O–H groups in total. The standard InChI is InChI=1S/C30H35O6S.C2H3F3O3S/c1-29(2,3)35-27(31)20-33-22-12-10-16-25(18-22)37(24-14-8-7-9-15-24)26-17-11-13-23(19-26)34-21-28(32)36-30(4,5)6;3-2(4,5)1-9(6,7)8/h7-19H,20-21H2,1-6H3;1H2,(H,6,7,8)/q+1;/p-1. The number of rotatable bonds is 10. The number of alkyl halides is 3. The number of hydrogen-bond donors (Lipinski definition) is 0. The molecular formula is C32H37F3O9S2. The lowest BCUT2D eigenvalue weighted by Crippen LogP contribution is -2.27. The van der Waals surface area contributed by atoms with E-state index in [1.165, 1.54) is 0 Å².